The van der Waals surface area contributed by atoms with Gasteiger partial charge in [0.25, 0.3) is 0 Å². The van der Waals surface area contributed by atoms with Crippen LogP contribution in [0.15, 0.2) is 17.0 Å². The van der Waals surface area contributed by atoms with Crippen LogP contribution in [-0.4, -0.2) is 25.8 Å². The minimum absolute atomic E-state index is 0.172. The molecule has 1 aliphatic carbocycles. The van der Waals surface area contributed by atoms with Gasteiger partial charge in [-0.2, -0.15) is 4.31 Å². The molecule has 2 N–H and O–H groups in total. The molecule has 0 amide bonds. The summed E-state index contributed by atoms with van der Waals surface area (Å²) in [5, 5.41) is 0. The number of nitrogens with two attached hydrogens (primary N) is 1. The highest BCUT2D eigenvalue weighted by molar-refractivity contribution is 7.89. The number of hydrogen-bond donors (Lipinski definition) is 1. The average molecular weight is 318 g/mol. The van der Waals surface area contributed by atoms with E-state index in [1.807, 2.05) is 6.92 Å². The standard InChI is InChI=1S/C14H20F2N2O2S/c1-9-5-3-4-6-13(9)18(2)21(19,20)14-8-12(17)10(15)7-11(14)16/h7-9,13H,3-6,17H2,1-2H3. The van der Waals surface area contributed by atoms with Crippen molar-refractivity contribution in [1.82, 2.24) is 4.31 Å². The second-order valence-electron chi connectivity index (χ2n) is 5.65. The van der Waals surface area contributed by atoms with Crippen molar-refractivity contribution in [3.63, 3.8) is 0 Å². The van der Waals surface area contributed by atoms with Crippen LogP contribution in [0.3, 0.4) is 0 Å². The highest BCUT2D eigenvalue weighted by Gasteiger charge is 2.34. The van der Waals surface area contributed by atoms with Gasteiger partial charge in [0.1, 0.15) is 16.5 Å². The molecule has 1 aromatic carbocycles. The molecule has 1 aromatic rings. The summed E-state index contributed by atoms with van der Waals surface area (Å²) in [5.74, 6) is -1.86. The first kappa shape index (κ1) is 16.2. The molecule has 118 valence electrons. The lowest BCUT2D eigenvalue weighted by Crippen LogP contribution is -2.42. The Bertz CT molecular complexity index is 634. The van der Waals surface area contributed by atoms with Gasteiger partial charge in [0.15, 0.2) is 0 Å². The Hall–Kier alpha value is -1.21. The number of rotatable bonds is 3. The zero-order chi connectivity index (χ0) is 15.8. The lowest BCUT2D eigenvalue weighted by Gasteiger charge is -2.35. The van der Waals surface area contributed by atoms with E-state index >= 15 is 0 Å². The summed E-state index contributed by atoms with van der Waals surface area (Å²) in [4.78, 5) is -0.568. The normalized spacial score (nSPS) is 23.5. The van der Waals surface area contributed by atoms with E-state index in [4.69, 9.17) is 5.73 Å². The Morgan fingerprint density at radius 1 is 1.19 bits per heavy atom. The highest BCUT2D eigenvalue weighted by Crippen LogP contribution is 2.32. The zero-order valence-electron chi connectivity index (χ0n) is 12.1. The van der Waals surface area contributed by atoms with Gasteiger partial charge in [0.05, 0.1) is 5.69 Å². The van der Waals surface area contributed by atoms with Crippen molar-refractivity contribution in [3.05, 3.63) is 23.8 Å². The molecule has 0 aromatic heterocycles. The summed E-state index contributed by atoms with van der Waals surface area (Å²) in [6.07, 6.45) is 3.71. The minimum Gasteiger partial charge on any atom is -0.396 e. The Morgan fingerprint density at radius 3 is 2.43 bits per heavy atom. The number of sulfonamides is 1. The predicted molar refractivity (Wildman–Crippen MR) is 77.1 cm³/mol. The van der Waals surface area contributed by atoms with E-state index in [2.05, 4.69) is 0 Å². The first-order valence-corrected chi connectivity index (χ1v) is 8.41. The lowest BCUT2D eigenvalue weighted by atomic mass is 9.86. The van der Waals surface area contributed by atoms with E-state index in [1.54, 1.807) is 0 Å². The van der Waals surface area contributed by atoms with Crippen LogP contribution in [0.5, 0.6) is 0 Å². The van der Waals surface area contributed by atoms with Gasteiger partial charge in [-0.25, -0.2) is 17.2 Å². The third kappa shape index (κ3) is 3.03. The Balaban J connectivity index is 2.39. The second-order valence-corrected chi connectivity index (χ2v) is 7.62. The summed E-state index contributed by atoms with van der Waals surface area (Å²) in [6.45, 7) is 1.99. The van der Waals surface area contributed by atoms with Gasteiger partial charge in [0, 0.05) is 19.2 Å². The van der Waals surface area contributed by atoms with E-state index in [9.17, 15) is 17.2 Å². The third-order valence-corrected chi connectivity index (χ3v) is 6.14. The average Bonchev–Trinajstić information content (AvgIpc) is 2.42. The van der Waals surface area contributed by atoms with Gasteiger partial charge in [-0.05, 0) is 24.8 Å². The number of nitrogens with zero attached hydrogens (tertiary/aromatic N) is 1. The van der Waals surface area contributed by atoms with Crippen LogP contribution < -0.4 is 5.73 Å². The van der Waals surface area contributed by atoms with Crippen molar-refractivity contribution in [2.45, 2.75) is 43.5 Å². The molecule has 0 heterocycles. The molecular weight excluding hydrogens is 298 g/mol. The smallest absolute Gasteiger partial charge is 0.246 e. The number of hydrogen-bond acceptors (Lipinski definition) is 3. The van der Waals surface area contributed by atoms with Gasteiger partial charge in [-0.1, -0.05) is 19.8 Å². The van der Waals surface area contributed by atoms with Crippen LogP contribution in [0.2, 0.25) is 0 Å². The van der Waals surface area contributed by atoms with E-state index < -0.39 is 26.6 Å². The van der Waals surface area contributed by atoms with Crippen molar-refractivity contribution in [2.75, 3.05) is 12.8 Å². The molecule has 21 heavy (non-hydrogen) atoms. The Kier molecular flexibility index (Phi) is 4.53. The van der Waals surface area contributed by atoms with Gasteiger partial charge < -0.3 is 5.73 Å². The molecule has 0 radical (unpaired) electrons. The largest absolute Gasteiger partial charge is 0.396 e. The van der Waals surface area contributed by atoms with Crippen LogP contribution in [0.1, 0.15) is 32.6 Å². The van der Waals surface area contributed by atoms with Gasteiger partial charge in [-0.3, -0.25) is 0 Å². The summed E-state index contributed by atoms with van der Waals surface area (Å²) >= 11 is 0. The molecule has 0 aliphatic heterocycles. The van der Waals surface area contributed by atoms with Crippen LogP contribution in [0.4, 0.5) is 14.5 Å². The van der Waals surface area contributed by atoms with Gasteiger partial charge >= 0.3 is 0 Å². The molecule has 1 fully saturated rings. The maximum atomic E-state index is 13.8. The fraction of sp³-hybridized carbons (Fsp3) is 0.571. The fourth-order valence-electron chi connectivity index (χ4n) is 2.91. The zero-order valence-corrected chi connectivity index (χ0v) is 13.0. The van der Waals surface area contributed by atoms with Crippen LogP contribution in [0.25, 0.3) is 0 Å². The maximum Gasteiger partial charge on any atom is 0.246 e. The van der Waals surface area contributed by atoms with Crippen molar-refractivity contribution in [3.8, 4) is 0 Å². The summed E-state index contributed by atoms with van der Waals surface area (Å²) in [5.41, 5.74) is 4.99. The number of anilines is 1. The Morgan fingerprint density at radius 2 is 1.81 bits per heavy atom. The summed E-state index contributed by atoms with van der Waals surface area (Å²) < 4.78 is 53.4. The van der Waals surface area contributed by atoms with E-state index in [0.29, 0.717) is 6.07 Å². The van der Waals surface area contributed by atoms with Crippen molar-refractivity contribution in [2.24, 2.45) is 5.92 Å². The molecule has 2 unspecified atom stereocenters. The Labute approximate surface area is 124 Å². The molecule has 1 saturated carbocycles. The third-order valence-electron chi connectivity index (χ3n) is 4.24. The molecule has 0 bridgehead atoms. The van der Waals surface area contributed by atoms with E-state index in [-0.39, 0.29) is 17.6 Å². The fourth-order valence-corrected chi connectivity index (χ4v) is 4.47. The number of nitrogen functional groups attached to an aromatic ring is 1. The summed E-state index contributed by atoms with van der Waals surface area (Å²) in [6, 6.07) is 1.19. The van der Waals surface area contributed by atoms with Crippen molar-refractivity contribution < 1.29 is 17.2 Å². The predicted octanol–water partition coefficient (Wildman–Crippen LogP) is 2.75. The first-order valence-electron chi connectivity index (χ1n) is 6.97. The minimum atomic E-state index is -4.03. The molecule has 0 saturated heterocycles. The number of benzene rings is 1. The first-order chi connectivity index (χ1) is 9.75. The highest BCUT2D eigenvalue weighted by atomic mass is 32.2. The molecule has 1 aliphatic rings. The maximum absolute atomic E-state index is 13.8. The SMILES string of the molecule is CC1CCCCC1N(C)S(=O)(=O)c1cc(N)c(F)cc1F. The molecule has 4 nitrogen and oxygen atoms in total. The van der Waals surface area contributed by atoms with E-state index in [0.717, 1.165) is 31.7 Å². The topological polar surface area (TPSA) is 63.4 Å². The monoisotopic (exact) mass is 318 g/mol. The van der Waals surface area contributed by atoms with E-state index in [1.165, 1.54) is 11.4 Å². The molecule has 7 heteroatoms. The summed E-state index contributed by atoms with van der Waals surface area (Å²) in [7, 11) is -2.58. The molecule has 2 atom stereocenters. The second kappa shape index (κ2) is 5.88. The molecule has 0 spiro atoms. The van der Waals surface area contributed by atoms with Crippen LogP contribution in [-0.2, 0) is 10.0 Å². The molecular formula is C14H20F2N2O2S. The van der Waals surface area contributed by atoms with Crippen LogP contribution in [0, 0.1) is 17.6 Å². The lowest BCUT2D eigenvalue weighted by molar-refractivity contribution is 0.213. The van der Waals surface area contributed by atoms with Gasteiger partial charge in [0.2, 0.25) is 10.0 Å². The van der Waals surface area contributed by atoms with Crippen LogP contribution >= 0.6 is 0 Å². The number of halogens is 2. The van der Waals surface area contributed by atoms with Gasteiger partial charge in [-0.15, -0.1) is 0 Å². The quantitative estimate of drug-likeness (QED) is 0.872. The van der Waals surface area contributed by atoms with Crippen molar-refractivity contribution in [1.29, 1.82) is 0 Å². The molecule has 2 rings (SSSR count). The van der Waals surface area contributed by atoms with Crippen molar-refractivity contribution >= 4 is 15.7 Å².